The van der Waals surface area contributed by atoms with Gasteiger partial charge >= 0.3 is 12.4 Å². The highest BCUT2D eigenvalue weighted by Crippen LogP contribution is 2.33. The van der Waals surface area contributed by atoms with Crippen molar-refractivity contribution in [1.82, 2.24) is 10.3 Å². The van der Waals surface area contributed by atoms with E-state index in [1.165, 1.54) is 26.0 Å². The van der Waals surface area contributed by atoms with Crippen LogP contribution in [0, 0.1) is 0 Å². The number of nitrogens with one attached hydrogen (secondary N) is 1. The van der Waals surface area contributed by atoms with Gasteiger partial charge in [-0.25, -0.2) is 4.98 Å². The van der Waals surface area contributed by atoms with E-state index >= 15 is 0 Å². The minimum absolute atomic E-state index is 0.0240. The van der Waals surface area contributed by atoms with Gasteiger partial charge in [-0.15, -0.1) is 0 Å². The van der Waals surface area contributed by atoms with Gasteiger partial charge in [0.2, 0.25) is 5.88 Å². The zero-order valence-corrected chi connectivity index (χ0v) is 31.6. The van der Waals surface area contributed by atoms with Crippen molar-refractivity contribution in [2.24, 2.45) is 0 Å². The number of halogens is 6. The fraction of sp³-hybridized carbons (Fsp3) is 0.538. The molecular formula is C39H50F6N2O9. The lowest BCUT2D eigenvalue weighted by atomic mass is 9.86. The molecule has 0 aliphatic rings. The van der Waals surface area contributed by atoms with Crippen LogP contribution < -0.4 is 14.8 Å². The number of amides is 1. The largest absolute Gasteiger partial charge is 0.491 e. The van der Waals surface area contributed by atoms with E-state index in [0.717, 1.165) is 29.8 Å². The van der Waals surface area contributed by atoms with Crippen molar-refractivity contribution in [2.45, 2.75) is 57.1 Å². The van der Waals surface area contributed by atoms with Crippen LogP contribution in [-0.4, -0.2) is 107 Å². The highest BCUT2D eigenvalue weighted by Gasteiger charge is 2.35. The predicted octanol–water partition coefficient (Wildman–Crippen LogP) is 6.26. The van der Waals surface area contributed by atoms with Gasteiger partial charge in [0.05, 0.1) is 83.8 Å². The quantitative estimate of drug-likeness (QED) is 0.0710. The predicted molar refractivity (Wildman–Crippen MR) is 193 cm³/mol. The van der Waals surface area contributed by atoms with Gasteiger partial charge in [-0.2, -0.15) is 26.3 Å². The van der Waals surface area contributed by atoms with Gasteiger partial charge in [0.15, 0.2) is 5.60 Å². The van der Waals surface area contributed by atoms with Gasteiger partial charge in [-0.1, -0.05) is 24.3 Å². The van der Waals surface area contributed by atoms with Crippen LogP contribution in [0.4, 0.5) is 26.3 Å². The van der Waals surface area contributed by atoms with Crippen LogP contribution in [0.3, 0.4) is 0 Å². The first-order chi connectivity index (χ1) is 26.6. The number of aliphatic hydroxyl groups is 1. The molecule has 2 atom stereocenters. The summed E-state index contributed by atoms with van der Waals surface area (Å²) in [5, 5.41) is 11.5. The molecule has 0 bridgehead atoms. The highest BCUT2D eigenvalue weighted by molar-refractivity contribution is 5.85. The normalized spacial score (nSPS) is 13.3. The van der Waals surface area contributed by atoms with Crippen LogP contribution in [0.5, 0.6) is 11.6 Å². The number of carbonyl (C=O) groups excluding carboxylic acids is 1. The van der Waals surface area contributed by atoms with E-state index in [1.54, 1.807) is 25.1 Å². The molecule has 2 N–H and O–H groups in total. The molecule has 312 valence electrons. The van der Waals surface area contributed by atoms with Crippen LogP contribution >= 0.6 is 0 Å². The molecule has 0 radical (unpaired) electrons. The second kappa shape index (κ2) is 23.3. The monoisotopic (exact) mass is 804 g/mol. The Labute approximate surface area is 322 Å². The summed E-state index contributed by atoms with van der Waals surface area (Å²) in [5.41, 5.74) is -1.99. The minimum atomic E-state index is -4.59. The Kier molecular flexibility index (Phi) is 19.3. The average molecular weight is 805 g/mol. The van der Waals surface area contributed by atoms with E-state index in [2.05, 4.69) is 10.3 Å². The van der Waals surface area contributed by atoms with Gasteiger partial charge in [0.25, 0.3) is 5.91 Å². The molecular weight excluding hydrogens is 754 g/mol. The molecule has 0 fully saturated rings. The summed E-state index contributed by atoms with van der Waals surface area (Å²) in [6.45, 7) is 8.53. The molecule has 0 spiro atoms. The Morgan fingerprint density at radius 3 is 1.73 bits per heavy atom. The SMILES string of the molecule is CC(NC(=O)C(C)(C)Oc1ccc(C(F)(F)F)cn1)C(Cc1ccc(C(F)(F)F)cc1)c1cccc(OCCOCCOCCOCCOCCOCCO)c1. The van der Waals surface area contributed by atoms with Gasteiger partial charge in [-0.3, -0.25) is 4.79 Å². The average Bonchev–Trinajstić information content (AvgIpc) is 3.14. The second-order valence-corrected chi connectivity index (χ2v) is 13.0. The summed E-state index contributed by atoms with van der Waals surface area (Å²) in [7, 11) is 0. The summed E-state index contributed by atoms with van der Waals surface area (Å²) in [5.74, 6) is -0.724. The standard InChI is InChI=1S/C39H50F6N2O9/c1-28(47-36(49)37(2,3)56-35-12-11-32(27-46-35)39(43,44)45)34(25-29-7-9-31(10-8-29)38(40,41)42)30-5-4-6-33(26-30)55-24-23-54-22-21-53-20-19-52-18-17-51-16-15-50-14-13-48/h4-12,26-28,34,48H,13-25H2,1-3H3,(H,47,49). The number of hydrogen-bond acceptors (Lipinski definition) is 10. The maximum absolute atomic E-state index is 13.5. The van der Waals surface area contributed by atoms with Crippen LogP contribution in [-0.2, 0) is 47.3 Å². The van der Waals surface area contributed by atoms with E-state index in [-0.39, 0.29) is 38.7 Å². The molecule has 2 unspecified atom stereocenters. The molecule has 2 aromatic carbocycles. The van der Waals surface area contributed by atoms with E-state index < -0.39 is 46.9 Å². The molecule has 0 saturated heterocycles. The van der Waals surface area contributed by atoms with Crippen LogP contribution in [0.1, 0.15) is 48.9 Å². The van der Waals surface area contributed by atoms with Gasteiger partial charge in [0.1, 0.15) is 12.4 Å². The molecule has 3 rings (SSSR count). The van der Waals surface area contributed by atoms with E-state index in [4.69, 9.17) is 38.3 Å². The van der Waals surface area contributed by atoms with Crippen LogP contribution in [0.25, 0.3) is 0 Å². The molecule has 0 saturated carbocycles. The molecule has 0 aliphatic carbocycles. The Balaban J connectivity index is 1.53. The third-order valence-corrected chi connectivity index (χ3v) is 8.18. The Morgan fingerprint density at radius 1 is 0.714 bits per heavy atom. The molecule has 0 aliphatic heterocycles. The summed E-state index contributed by atoms with van der Waals surface area (Å²) < 4.78 is 117. The van der Waals surface area contributed by atoms with Crippen LogP contribution in [0.2, 0.25) is 0 Å². The number of hydrogen-bond donors (Lipinski definition) is 2. The zero-order chi connectivity index (χ0) is 41.0. The van der Waals surface area contributed by atoms with E-state index in [0.29, 0.717) is 70.4 Å². The molecule has 11 nitrogen and oxygen atoms in total. The highest BCUT2D eigenvalue weighted by atomic mass is 19.4. The van der Waals surface area contributed by atoms with Crippen molar-refractivity contribution in [3.8, 4) is 11.6 Å². The minimum Gasteiger partial charge on any atom is -0.491 e. The molecule has 1 heterocycles. The van der Waals surface area contributed by atoms with E-state index in [1.807, 2.05) is 6.07 Å². The Morgan fingerprint density at radius 2 is 1.23 bits per heavy atom. The summed E-state index contributed by atoms with van der Waals surface area (Å²) in [6, 6.07) is 13.1. The smallest absolute Gasteiger partial charge is 0.417 e. The summed E-state index contributed by atoms with van der Waals surface area (Å²) in [4.78, 5) is 17.2. The van der Waals surface area contributed by atoms with Gasteiger partial charge in [0, 0.05) is 24.2 Å². The number of alkyl halides is 6. The number of benzene rings is 2. The van der Waals surface area contributed by atoms with Crippen molar-refractivity contribution in [1.29, 1.82) is 0 Å². The second-order valence-electron chi connectivity index (χ2n) is 13.0. The maximum atomic E-state index is 13.5. The van der Waals surface area contributed by atoms with Gasteiger partial charge in [-0.05, 0) is 68.7 Å². The fourth-order valence-electron chi connectivity index (χ4n) is 5.16. The fourth-order valence-corrected chi connectivity index (χ4v) is 5.16. The number of rotatable bonds is 26. The molecule has 3 aromatic rings. The van der Waals surface area contributed by atoms with Crippen molar-refractivity contribution < 1.29 is 69.4 Å². The number of ether oxygens (including phenoxy) is 7. The van der Waals surface area contributed by atoms with Crippen LogP contribution in [0.15, 0.2) is 66.9 Å². The van der Waals surface area contributed by atoms with Gasteiger partial charge < -0.3 is 43.6 Å². The third kappa shape index (κ3) is 17.0. The molecule has 56 heavy (non-hydrogen) atoms. The number of nitrogens with zero attached hydrogens (tertiary/aromatic N) is 1. The topological polar surface area (TPSA) is 127 Å². The number of aliphatic hydroxyl groups excluding tert-OH is 1. The molecule has 1 amide bonds. The maximum Gasteiger partial charge on any atom is 0.417 e. The van der Waals surface area contributed by atoms with Crippen molar-refractivity contribution in [2.75, 3.05) is 79.3 Å². The molecule has 17 heteroatoms. The number of carbonyl (C=O) groups is 1. The summed E-state index contributed by atoms with van der Waals surface area (Å²) >= 11 is 0. The van der Waals surface area contributed by atoms with Crippen molar-refractivity contribution in [3.05, 3.63) is 89.1 Å². The Bertz CT molecular complexity index is 1560. The first-order valence-electron chi connectivity index (χ1n) is 18.0. The Hall–Kier alpha value is -4.00. The van der Waals surface area contributed by atoms with E-state index in [9.17, 15) is 31.1 Å². The lowest BCUT2D eigenvalue weighted by Gasteiger charge is -2.31. The first-order valence-corrected chi connectivity index (χ1v) is 18.0. The first kappa shape index (κ1) is 46.4. The van der Waals surface area contributed by atoms with Crippen molar-refractivity contribution in [3.63, 3.8) is 0 Å². The lowest BCUT2D eigenvalue weighted by Crippen LogP contribution is -2.51. The van der Waals surface area contributed by atoms with Crippen molar-refractivity contribution >= 4 is 5.91 Å². The summed E-state index contributed by atoms with van der Waals surface area (Å²) in [6.07, 6.45) is -8.23. The number of aromatic nitrogens is 1. The lowest BCUT2D eigenvalue weighted by molar-refractivity contribution is -0.138. The molecule has 1 aromatic heterocycles. The number of pyridine rings is 1. The zero-order valence-electron chi connectivity index (χ0n) is 31.6. The third-order valence-electron chi connectivity index (χ3n) is 8.18.